The number of amides is 1. The Kier molecular flexibility index (Phi) is 3.11. The molecule has 2 aromatic carbocycles. The van der Waals surface area contributed by atoms with E-state index in [1.807, 2.05) is 31.2 Å². The molecule has 0 radical (unpaired) electrons. The van der Waals surface area contributed by atoms with Crippen LogP contribution in [-0.2, 0) is 0 Å². The van der Waals surface area contributed by atoms with Gasteiger partial charge in [0.25, 0.3) is 0 Å². The maximum atomic E-state index is 11.3. The predicted octanol–water partition coefficient (Wildman–Crippen LogP) is 2.63. The van der Waals surface area contributed by atoms with Crippen LogP contribution >= 0.6 is 0 Å². The summed E-state index contributed by atoms with van der Waals surface area (Å²) in [6, 6.07) is 14.8. The highest BCUT2D eigenvalue weighted by molar-refractivity contribution is 5.96. The Balaban J connectivity index is 2.69. The number of hydrogen-bond donors (Lipinski definition) is 1. The van der Waals surface area contributed by atoms with Gasteiger partial charge in [0.05, 0.1) is 11.6 Å². The Labute approximate surface area is 105 Å². The molecule has 0 aliphatic carbocycles. The molecule has 0 aliphatic heterocycles. The summed E-state index contributed by atoms with van der Waals surface area (Å²) in [7, 11) is 0. The first-order valence-electron chi connectivity index (χ1n) is 5.54. The lowest BCUT2D eigenvalue weighted by molar-refractivity contribution is 0.1000. The van der Waals surface area contributed by atoms with Gasteiger partial charge >= 0.3 is 0 Å². The fourth-order valence-corrected chi connectivity index (χ4v) is 2.01. The van der Waals surface area contributed by atoms with E-state index in [2.05, 4.69) is 6.07 Å². The number of nitrogens with two attached hydrogens (primary N) is 1. The topological polar surface area (TPSA) is 66.9 Å². The summed E-state index contributed by atoms with van der Waals surface area (Å²) in [4.78, 5) is 11.3. The van der Waals surface area contributed by atoms with Gasteiger partial charge in [-0.3, -0.25) is 4.79 Å². The van der Waals surface area contributed by atoms with Crippen molar-refractivity contribution in [1.82, 2.24) is 0 Å². The number of nitriles is 1. The van der Waals surface area contributed by atoms with Crippen molar-refractivity contribution in [2.75, 3.05) is 0 Å². The summed E-state index contributed by atoms with van der Waals surface area (Å²) in [5, 5.41) is 9.11. The van der Waals surface area contributed by atoms with Gasteiger partial charge < -0.3 is 5.73 Å². The van der Waals surface area contributed by atoms with E-state index in [-0.39, 0.29) is 0 Å². The van der Waals surface area contributed by atoms with Gasteiger partial charge in [0.1, 0.15) is 0 Å². The first-order valence-corrected chi connectivity index (χ1v) is 5.54. The van der Waals surface area contributed by atoms with Crippen LogP contribution in [0, 0.1) is 18.3 Å². The van der Waals surface area contributed by atoms with Crippen LogP contribution < -0.4 is 5.73 Å². The standard InChI is InChI=1S/C15H12N2O/c1-10-12(7-4-8-13(10)15(17)18)14-6-3-2-5-11(14)9-16/h2-8H,1H3,(H2,17,18). The summed E-state index contributed by atoms with van der Waals surface area (Å²) in [5.74, 6) is -0.455. The highest BCUT2D eigenvalue weighted by Crippen LogP contribution is 2.28. The Morgan fingerprint density at radius 3 is 2.44 bits per heavy atom. The molecule has 0 spiro atoms. The smallest absolute Gasteiger partial charge is 0.248 e. The molecule has 88 valence electrons. The zero-order chi connectivity index (χ0) is 13.1. The highest BCUT2D eigenvalue weighted by atomic mass is 16.1. The zero-order valence-electron chi connectivity index (χ0n) is 9.97. The molecule has 2 aromatic rings. The van der Waals surface area contributed by atoms with Crippen molar-refractivity contribution in [3.63, 3.8) is 0 Å². The number of carbonyl (C=O) groups is 1. The maximum Gasteiger partial charge on any atom is 0.248 e. The molecule has 0 bridgehead atoms. The van der Waals surface area contributed by atoms with Crippen molar-refractivity contribution in [3.8, 4) is 17.2 Å². The molecule has 0 fully saturated rings. The van der Waals surface area contributed by atoms with Crippen molar-refractivity contribution >= 4 is 5.91 Å². The molecule has 0 aromatic heterocycles. The van der Waals surface area contributed by atoms with E-state index in [0.717, 1.165) is 16.7 Å². The SMILES string of the molecule is Cc1c(C(N)=O)cccc1-c1ccccc1C#N. The summed E-state index contributed by atoms with van der Waals surface area (Å²) >= 11 is 0. The molecule has 0 heterocycles. The summed E-state index contributed by atoms with van der Waals surface area (Å²) < 4.78 is 0. The van der Waals surface area contributed by atoms with Crippen LogP contribution in [0.15, 0.2) is 42.5 Å². The number of rotatable bonds is 2. The zero-order valence-corrected chi connectivity index (χ0v) is 9.97. The number of carbonyl (C=O) groups excluding carboxylic acids is 1. The molecule has 1 amide bonds. The van der Waals surface area contributed by atoms with Crippen molar-refractivity contribution in [3.05, 3.63) is 59.2 Å². The van der Waals surface area contributed by atoms with E-state index in [0.29, 0.717) is 11.1 Å². The fourth-order valence-electron chi connectivity index (χ4n) is 2.01. The maximum absolute atomic E-state index is 11.3. The van der Waals surface area contributed by atoms with E-state index in [4.69, 9.17) is 11.0 Å². The minimum atomic E-state index is -0.455. The van der Waals surface area contributed by atoms with Gasteiger partial charge in [0, 0.05) is 5.56 Å². The average molecular weight is 236 g/mol. The molecule has 0 unspecified atom stereocenters. The third kappa shape index (κ3) is 1.96. The number of primary amides is 1. The molecule has 0 aliphatic rings. The third-order valence-corrected chi connectivity index (χ3v) is 2.94. The van der Waals surface area contributed by atoms with E-state index < -0.39 is 5.91 Å². The monoisotopic (exact) mass is 236 g/mol. The quantitative estimate of drug-likeness (QED) is 0.870. The second-order valence-electron chi connectivity index (χ2n) is 4.00. The van der Waals surface area contributed by atoms with Gasteiger partial charge in [-0.2, -0.15) is 5.26 Å². The minimum Gasteiger partial charge on any atom is -0.366 e. The van der Waals surface area contributed by atoms with Crippen LogP contribution in [0.25, 0.3) is 11.1 Å². The van der Waals surface area contributed by atoms with E-state index in [1.54, 1.807) is 18.2 Å². The molecular weight excluding hydrogens is 224 g/mol. The molecule has 0 saturated heterocycles. The van der Waals surface area contributed by atoms with Crippen molar-refractivity contribution in [2.45, 2.75) is 6.92 Å². The Hall–Kier alpha value is -2.60. The third-order valence-electron chi connectivity index (χ3n) is 2.94. The number of benzene rings is 2. The Morgan fingerprint density at radius 2 is 1.78 bits per heavy atom. The van der Waals surface area contributed by atoms with E-state index >= 15 is 0 Å². The van der Waals surface area contributed by atoms with E-state index in [1.165, 1.54) is 0 Å². The van der Waals surface area contributed by atoms with E-state index in [9.17, 15) is 4.79 Å². The molecule has 0 atom stereocenters. The molecule has 18 heavy (non-hydrogen) atoms. The van der Waals surface area contributed by atoms with Crippen LogP contribution in [-0.4, -0.2) is 5.91 Å². The van der Waals surface area contributed by atoms with Gasteiger partial charge in [-0.1, -0.05) is 30.3 Å². The highest BCUT2D eigenvalue weighted by Gasteiger charge is 2.11. The summed E-state index contributed by atoms with van der Waals surface area (Å²) in [5.41, 5.74) is 8.88. The van der Waals surface area contributed by atoms with Gasteiger partial charge in [0.15, 0.2) is 0 Å². The lowest BCUT2D eigenvalue weighted by Crippen LogP contribution is -2.13. The Morgan fingerprint density at radius 1 is 1.11 bits per heavy atom. The minimum absolute atomic E-state index is 0.455. The molecule has 2 N–H and O–H groups in total. The van der Waals surface area contributed by atoms with Gasteiger partial charge in [-0.25, -0.2) is 0 Å². The molecule has 3 heteroatoms. The average Bonchev–Trinajstić information content (AvgIpc) is 2.38. The fraction of sp³-hybridized carbons (Fsp3) is 0.0667. The van der Waals surface area contributed by atoms with Crippen molar-refractivity contribution in [1.29, 1.82) is 5.26 Å². The second-order valence-corrected chi connectivity index (χ2v) is 4.00. The Bertz CT molecular complexity index is 654. The second kappa shape index (κ2) is 4.72. The van der Waals surface area contributed by atoms with Gasteiger partial charge in [-0.05, 0) is 35.7 Å². The van der Waals surface area contributed by atoms with Crippen molar-refractivity contribution < 1.29 is 4.79 Å². The summed E-state index contributed by atoms with van der Waals surface area (Å²) in [6.07, 6.45) is 0. The molecule has 2 rings (SSSR count). The molecule has 3 nitrogen and oxygen atoms in total. The predicted molar refractivity (Wildman–Crippen MR) is 69.8 cm³/mol. The van der Waals surface area contributed by atoms with Crippen LogP contribution in [0.2, 0.25) is 0 Å². The van der Waals surface area contributed by atoms with Gasteiger partial charge in [-0.15, -0.1) is 0 Å². The lowest BCUT2D eigenvalue weighted by Gasteiger charge is -2.10. The molecule has 0 saturated carbocycles. The largest absolute Gasteiger partial charge is 0.366 e. The lowest BCUT2D eigenvalue weighted by atomic mass is 9.93. The first-order chi connectivity index (χ1) is 8.65. The normalized spacial score (nSPS) is 9.78. The van der Waals surface area contributed by atoms with Crippen LogP contribution in [0.4, 0.5) is 0 Å². The first kappa shape index (κ1) is 11.9. The number of hydrogen-bond acceptors (Lipinski definition) is 2. The number of nitrogens with zero attached hydrogens (tertiary/aromatic N) is 1. The van der Waals surface area contributed by atoms with Crippen molar-refractivity contribution in [2.24, 2.45) is 5.73 Å². The van der Waals surface area contributed by atoms with Gasteiger partial charge in [0.2, 0.25) is 5.91 Å². The van der Waals surface area contributed by atoms with Crippen LogP contribution in [0.3, 0.4) is 0 Å². The van der Waals surface area contributed by atoms with Crippen LogP contribution in [0.1, 0.15) is 21.5 Å². The molecular formula is C15H12N2O. The van der Waals surface area contributed by atoms with Crippen LogP contribution in [0.5, 0.6) is 0 Å². The summed E-state index contributed by atoms with van der Waals surface area (Å²) in [6.45, 7) is 1.84.